The Morgan fingerprint density at radius 3 is 2.39 bits per heavy atom. The van der Waals surface area contributed by atoms with E-state index in [4.69, 9.17) is 23.2 Å². The minimum Gasteiger partial charge on any atom is -0.383 e. The molecular weight excluding hydrogens is 281 g/mol. The first kappa shape index (κ1) is 13.3. The third-order valence-corrected chi connectivity index (χ3v) is 3.16. The Kier molecular flexibility index (Phi) is 3.85. The second-order valence-corrected chi connectivity index (χ2v) is 4.53. The van der Waals surface area contributed by atoms with Crippen molar-refractivity contribution in [1.82, 2.24) is 0 Å². The van der Waals surface area contributed by atoms with Crippen LogP contribution in [0, 0.1) is 11.6 Å². The molecular formula is C13H8Cl2F2O. The highest BCUT2D eigenvalue weighted by Gasteiger charge is 2.19. The summed E-state index contributed by atoms with van der Waals surface area (Å²) in [5, 5.41) is 10.1. The topological polar surface area (TPSA) is 20.2 Å². The monoisotopic (exact) mass is 288 g/mol. The molecule has 0 aliphatic heterocycles. The molecule has 5 heteroatoms. The molecule has 1 N–H and O–H groups in total. The van der Waals surface area contributed by atoms with Crippen LogP contribution in [-0.4, -0.2) is 5.11 Å². The molecule has 0 spiro atoms. The first-order valence-corrected chi connectivity index (χ1v) is 5.83. The van der Waals surface area contributed by atoms with Crippen LogP contribution in [0.15, 0.2) is 36.4 Å². The first-order valence-electron chi connectivity index (χ1n) is 5.07. The van der Waals surface area contributed by atoms with E-state index in [2.05, 4.69) is 0 Å². The minimum absolute atomic E-state index is 0.0463. The van der Waals surface area contributed by atoms with Gasteiger partial charge < -0.3 is 5.11 Å². The van der Waals surface area contributed by atoms with Gasteiger partial charge in [-0.25, -0.2) is 8.78 Å². The van der Waals surface area contributed by atoms with E-state index in [0.29, 0.717) is 0 Å². The van der Waals surface area contributed by atoms with Gasteiger partial charge in [-0.05, 0) is 24.3 Å². The molecule has 18 heavy (non-hydrogen) atoms. The van der Waals surface area contributed by atoms with Crippen LogP contribution in [0.1, 0.15) is 17.2 Å². The van der Waals surface area contributed by atoms with E-state index in [-0.39, 0.29) is 21.2 Å². The van der Waals surface area contributed by atoms with Gasteiger partial charge in [0, 0.05) is 16.1 Å². The summed E-state index contributed by atoms with van der Waals surface area (Å²) in [6.45, 7) is 0. The van der Waals surface area contributed by atoms with Gasteiger partial charge in [0.2, 0.25) is 0 Å². The fourth-order valence-electron chi connectivity index (χ4n) is 1.62. The highest BCUT2D eigenvalue weighted by atomic mass is 35.5. The molecule has 0 saturated heterocycles. The average molecular weight is 289 g/mol. The molecule has 1 unspecified atom stereocenters. The highest BCUT2D eigenvalue weighted by molar-refractivity contribution is 6.31. The molecule has 0 fully saturated rings. The maximum absolute atomic E-state index is 13.7. The van der Waals surface area contributed by atoms with Crippen molar-refractivity contribution in [2.75, 3.05) is 0 Å². The number of hydrogen-bond acceptors (Lipinski definition) is 1. The van der Waals surface area contributed by atoms with Gasteiger partial charge in [-0.3, -0.25) is 0 Å². The molecule has 0 aromatic heterocycles. The molecule has 94 valence electrons. The first-order chi connectivity index (χ1) is 8.50. The quantitative estimate of drug-likeness (QED) is 0.871. The van der Waals surface area contributed by atoms with E-state index < -0.39 is 17.7 Å². The van der Waals surface area contributed by atoms with E-state index in [0.717, 1.165) is 12.1 Å². The number of aliphatic hydroxyl groups is 1. The van der Waals surface area contributed by atoms with E-state index >= 15 is 0 Å². The Morgan fingerprint density at radius 2 is 1.67 bits per heavy atom. The smallest absolute Gasteiger partial charge is 0.147 e. The Bertz CT molecular complexity index is 585. The van der Waals surface area contributed by atoms with Crippen molar-refractivity contribution in [2.45, 2.75) is 6.10 Å². The zero-order chi connectivity index (χ0) is 13.3. The van der Waals surface area contributed by atoms with Gasteiger partial charge in [0.25, 0.3) is 0 Å². The van der Waals surface area contributed by atoms with Crippen LogP contribution in [0.3, 0.4) is 0 Å². The molecule has 2 rings (SSSR count). The van der Waals surface area contributed by atoms with Crippen LogP contribution in [-0.2, 0) is 0 Å². The zero-order valence-corrected chi connectivity index (χ0v) is 10.5. The highest BCUT2D eigenvalue weighted by Crippen LogP contribution is 2.32. The lowest BCUT2D eigenvalue weighted by molar-refractivity contribution is 0.214. The standard InChI is InChI=1S/C13H8Cl2F2O/c14-10-5-4-7(16)6-9(10)13(18)8-2-1-3-11(15)12(8)17/h1-6,13,18H. The van der Waals surface area contributed by atoms with Crippen LogP contribution in [0.4, 0.5) is 8.78 Å². The summed E-state index contributed by atoms with van der Waals surface area (Å²) in [4.78, 5) is 0. The normalized spacial score (nSPS) is 12.5. The van der Waals surface area contributed by atoms with Crippen molar-refractivity contribution in [3.05, 3.63) is 69.2 Å². The van der Waals surface area contributed by atoms with Crippen LogP contribution >= 0.6 is 23.2 Å². The average Bonchev–Trinajstić information content (AvgIpc) is 2.35. The van der Waals surface area contributed by atoms with Gasteiger partial charge >= 0.3 is 0 Å². The molecule has 0 bridgehead atoms. The maximum Gasteiger partial charge on any atom is 0.147 e. The lowest BCUT2D eigenvalue weighted by atomic mass is 10.0. The molecule has 2 aromatic rings. The van der Waals surface area contributed by atoms with Gasteiger partial charge in [-0.2, -0.15) is 0 Å². The summed E-state index contributed by atoms with van der Waals surface area (Å²) in [6.07, 6.45) is -1.37. The molecule has 1 atom stereocenters. The second kappa shape index (κ2) is 5.22. The number of aliphatic hydroxyl groups excluding tert-OH is 1. The molecule has 0 heterocycles. The fraction of sp³-hybridized carbons (Fsp3) is 0.0769. The van der Waals surface area contributed by atoms with Gasteiger partial charge in [-0.15, -0.1) is 0 Å². The van der Waals surface area contributed by atoms with Crippen molar-refractivity contribution in [3.8, 4) is 0 Å². The van der Waals surface area contributed by atoms with E-state index in [9.17, 15) is 13.9 Å². The summed E-state index contributed by atoms with van der Waals surface area (Å²) in [7, 11) is 0. The SMILES string of the molecule is OC(c1cc(F)ccc1Cl)c1cccc(Cl)c1F. The van der Waals surface area contributed by atoms with Gasteiger partial charge in [0.05, 0.1) is 5.02 Å². The zero-order valence-electron chi connectivity index (χ0n) is 9.00. The molecule has 0 saturated carbocycles. The second-order valence-electron chi connectivity index (χ2n) is 3.71. The van der Waals surface area contributed by atoms with Gasteiger partial charge in [0.1, 0.15) is 17.7 Å². The van der Waals surface area contributed by atoms with E-state index in [1.54, 1.807) is 0 Å². The Morgan fingerprint density at radius 1 is 0.944 bits per heavy atom. The van der Waals surface area contributed by atoms with Crippen molar-refractivity contribution in [1.29, 1.82) is 0 Å². The Balaban J connectivity index is 2.51. The third kappa shape index (κ3) is 2.48. The summed E-state index contributed by atoms with van der Waals surface area (Å²) in [5.74, 6) is -1.30. The predicted molar refractivity (Wildman–Crippen MR) is 66.9 cm³/mol. The van der Waals surface area contributed by atoms with Crippen molar-refractivity contribution in [2.24, 2.45) is 0 Å². The number of halogens is 4. The third-order valence-electron chi connectivity index (χ3n) is 2.53. The van der Waals surface area contributed by atoms with Crippen molar-refractivity contribution < 1.29 is 13.9 Å². The molecule has 0 aliphatic rings. The van der Waals surface area contributed by atoms with Gasteiger partial charge in [-0.1, -0.05) is 35.3 Å². The molecule has 0 amide bonds. The summed E-state index contributed by atoms with van der Waals surface area (Å²) >= 11 is 11.5. The maximum atomic E-state index is 13.7. The van der Waals surface area contributed by atoms with Crippen molar-refractivity contribution in [3.63, 3.8) is 0 Å². The summed E-state index contributed by atoms with van der Waals surface area (Å²) < 4.78 is 26.9. The van der Waals surface area contributed by atoms with Crippen LogP contribution < -0.4 is 0 Å². The van der Waals surface area contributed by atoms with Crippen molar-refractivity contribution >= 4 is 23.2 Å². The Labute approximate surface area is 113 Å². The summed E-state index contributed by atoms with van der Waals surface area (Å²) in [6, 6.07) is 7.75. The molecule has 0 aliphatic carbocycles. The Hall–Kier alpha value is -1.16. The lowest BCUT2D eigenvalue weighted by Crippen LogP contribution is -2.04. The van der Waals surface area contributed by atoms with E-state index in [1.807, 2.05) is 0 Å². The number of benzene rings is 2. The molecule has 1 nitrogen and oxygen atoms in total. The number of hydrogen-bond donors (Lipinski definition) is 1. The van der Waals surface area contributed by atoms with E-state index in [1.165, 1.54) is 24.3 Å². The molecule has 0 radical (unpaired) electrons. The van der Waals surface area contributed by atoms with Crippen LogP contribution in [0.25, 0.3) is 0 Å². The predicted octanol–water partition coefficient (Wildman–Crippen LogP) is 4.35. The molecule has 2 aromatic carbocycles. The minimum atomic E-state index is -1.37. The summed E-state index contributed by atoms with van der Waals surface area (Å²) in [5.41, 5.74) is 0.0489. The fourth-order valence-corrected chi connectivity index (χ4v) is 2.03. The van der Waals surface area contributed by atoms with Crippen LogP contribution in [0.2, 0.25) is 10.0 Å². The van der Waals surface area contributed by atoms with Crippen LogP contribution in [0.5, 0.6) is 0 Å². The largest absolute Gasteiger partial charge is 0.383 e. The lowest BCUT2D eigenvalue weighted by Gasteiger charge is -2.14. The number of rotatable bonds is 2. The van der Waals surface area contributed by atoms with Gasteiger partial charge in [0.15, 0.2) is 0 Å².